The van der Waals surface area contributed by atoms with E-state index in [1.54, 1.807) is 50.0 Å². The molecule has 0 saturated carbocycles. The van der Waals surface area contributed by atoms with E-state index in [1.807, 2.05) is 157 Å². The van der Waals surface area contributed by atoms with E-state index in [-0.39, 0.29) is 24.2 Å². The van der Waals surface area contributed by atoms with Crippen LogP contribution in [0.3, 0.4) is 0 Å². The van der Waals surface area contributed by atoms with Crippen LogP contribution in [0.4, 0.5) is 17.6 Å². The van der Waals surface area contributed by atoms with Crippen LogP contribution in [-0.2, 0) is 52.4 Å². The minimum absolute atomic E-state index is 0.0646. The molecule has 13 heterocycles. The van der Waals surface area contributed by atoms with Crippen LogP contribution in [0.25, 0.3) is 45.1 Å². The van der Waals surface area contributed by atoms with E-state index >= 15 is 0 Å². The molecule has 108 heavy (non-hydrogen) atoms. The summed E-state index contributed by atoms with van der Waals surface area (Å²) in [6.07, 6.45) is 8.50. The van der Waals surface area contributed by atoms with Gasteiger partial charge in [-0.3, -0.25) is 35.0 Å². The fraction of sp³-hybridized carbons (Fsp3) is 0.139. The summed E-state index contributed by atoms with van der Waals surface area (Å²) in [7, 11) is 0. The van der Waals surface area contributed by atoms with Crippen LogP contribution in [-0.4, -0.2) is 112 Å². The van der Waals surface area contributed by atoms with Crippen molar-refractivity contribution >= 4 is 45.0 Å². The first kappa shape index (κ1) is 70.7. The summed E-state index contributed by atoms with van der Waals surface area (Å²) >= 11 is 0. The Hall–Kier alpha value is -14.3. The van der Waals surface area contributed by atoms with Crippen molar-refractivity contribution in [3.63, 3.8) is 0 Å². The van der Waals surface area contributed by atoms with Crippen LogP contribution in [0.5, 0.6) is 0 Å². The average Bonchev–Trinajstić information content (AvgIpc) is 1.62. The Morgan fingerprint density at radius 2 is 0.917 bits per heavy atom. The molecule has 0 amide bonds. The Labute approximate surface area is 614 Å². The zero-order valence-electron chi connectivity index (χ0n) is 58.4. The third-order valence-corrected chi connectivity index (χ3v) is 17.3. The molecule has 534 valence electrons. The van der Waals surface area contributed by atoms with Gasteiger partial charge in [0.15, 0.2) is 23.0 Å². The summed E-state index contributed by atoms with van der Waals surface area (Å²) in [5.74, 6) is 1.73. The molecule has 5 aromatic carbocycles. The van der Waals surface area contributed by atoms with Crippen molar-refractivity contribution in [2.24, 2.45) is 25.8 Å². The van der Waals surface area contributed by atoms with Crippen molar-refractivity contribution in [2.45, 2.75) is 73.1 Å². The molecule has 3 aliphatic rings. The molecule has 0 fully saturated rings. The van der Waals surface area contributed by atoms with Gasteiger partial charge in [-0.1, -0.05) is 103 Å². The predicted molar refractivity (Wildman–Crippen MR) is 399 cm³/mol. The van der Waals surface area contributed by atoms with Crippen molar-refractivity contribution in [3.8, 4) is 29.1 Å². The maximum absolute atomic E-state index is 14.2. The number of halogens is 4. The van der Waals surface area contributed by atoms with Crippen molar-refractivity contribution in [1.82, 2.24) is 94.6 Å². The molecular weight excluding hydrogens is 1380 g/mol. The molecule has 0 aliphatic carbocycles. The van der Waals surface area contributed by atoms with Crippen LogP contribution in [0.2, 0.25) is 0 Å². The standard InChI is InChI=1S/C23H18F2N6.C17H15N5.C16H12F2N6.C15H15N5.C8H5N3/c1-15-27-22(29-30(15)13-16-7-3-2-4-8-16)21-17-9-6-12-26-23(17)31(28-21)14-18-19(24)10-5-11-20(18)25;1-12-20-17(16-14-8-5-9-18-15(14)10-19-16)21-22(12)11-13-6-3-2-4-7-13;1-9-20-15(22-21-9)14-10-4-3-7-19-16(10)24(23-14)8-11-12(17)5-2-6-13(11)18;16-15(20-19-9-11-5-2-1-3-6-11)14-12-7-4-8-17-13(12)10-18-14;9-4-7-6-2-1-3-10-8(6)5-11-7/h2-12H,13-14H2,1H3;2-9H,10-11H2,1H3;2-7H,8H2,1H3,(H,20,21,22);1-8,19H,9-10H2,(H2,16,20);1-3H,5H2. The minimum Gasteiger partial charge on any atom is -0.380 e. The molecule has 18 rings (SSSR count). The summed E-state index contributed by atoms with van der Waals surface area (Å²) < 4.78 is 62.9. The molecule has 0 unspecified atom stereocenters. The highest BCUT2D eigenvalue weighted by Gasteiger charge is 2.25. The second kappa shape index (κ2) is 32.6. The molecular formula is C79H65F4N25. The molecule has 25 nitrogen and oxygen atoms in total. The summed E-state index contributed by atoms with van der Waals surface area (Å²) in [6.45, 7) is 9.13. The van der Waals surface area contributed by atoms with Gasteiger partial charge < -0.3 is 11.2 Å². The van der Waals surface area contributed by atoms with E-state index in [1.165, 1.54) is 51.3 Å². The number of fused-ring (bicyclic) bond motifs is 5. The monoisotopic (exact) mass is 1440 g/mol. The van der Waals surface area contributed by atoms with Gasteiger partial charge in [-0.25, -0.2) is 61.2 Å². The number of pyridine rings is 5. The van der Waals surface area contributed by atoms with Crippen LogP contribution >= 0.6 is 0 Å². The van der Waals surface area contributed by atoms with E-state index in [4.69, 9.17) is 11.0 Å². The molecule has 4 N–H and O–H groups in total. The van der Waals surface area contributed by atoms with Gasteiger partial charge >= 0.3 is 0 Å². The number of benzene rings is 5. The molecule has 0 saturated heterocycles. The maximum atomic E-state index is 14.2. The predicted octanol–water partition coefficient (Wildman–Crippen LogP) is 12.0. The molecule has 0 radical (unpaired) electrons. The Morgan fingerprint density at radius 3 is 1.45 bits per heavy atom. The normalized spacial score (nSPS) is 12.4. The average molecular weight is 1440 g/mol. The lowest BCUT2D eigenvalue weighted by molar-refractivity contribution is 0.536. The Bertz CT molecular complexity index is 5850. The molecule has 3 aliphatic heterocycles. The zero-order valence-corrected chi connectivity index (χ0v) is 58.4. The number of rotatable bonds is 15. The number of hydrogen-bond acceptors (Lipinski definition) is 19. The van der Waals surface area contributed by atoms with Gasteiger partial charge in [0.25, 0.3) is 0 Å². The second-order valence-corrected chi connectivity index (χ2v) is 24.6. The van der Waals surface area contributed by atoms with Crippen LogP contribution < -0.4 is 11.2 Å². The fourth-order valence-electron chi connectivity index (χ4n) is 12.0. The summed E-state index contributed by atoms with van der Waals surface area (Å²) in [5.41, 5.74) is 22.2. The van der Waals surface area contributed by atoms with Gasteiger partial charge in [0.1, 0.15) is 75.3 Å². The molecule has 0 spiro atoms. The number of nitrogens with one attached hydrogen (secondary N) is 2. The maximum Gasteiger partial charge on any atom is 0.202 e. The van der Waals surface area contributed by atoms with E-state index in [0.717, 1.165) is 67.6 Å². The number of aromatic amines is 1. The quantitative estimate of drug-likeness (QED) is 0.0372. The number of aliphatic imine (C=N–C) groups is 3. The second-order valence-electron chi connectivity index (χ2n) is 24.6. The lowest BCUT2D eigenvalue weighted by Gasteiger charge is -2.05. The lowest BCUT2D eigenvalue weighted by Crippen LogP contribution is -2.27. The lowest BCUT2D eigenvalue weighted by atomic mass is 10.1. The van der Waals surface area contributed by atoms with Crippen molar-refractivity contribution in [3.05, 3.63) is 327 Å². The number of nitriles is 1. The van der Waals surface area contributed by atoms with Crippen LogP contribution in [0.15, 0.2) is 239 Å². The molecule has 0 atom stereocenters. The van der Waals surface area contributed by atoms with Gasteiger partial charge in [-0.05, 0) is 122 Å². The zero-order chi connectivity index (χ0) is 74.5. The first-order valence-electron chi connectivity index (χ1n) is 34.1. The number of aromatic nitrogens is 18. The number of nitrogens with two attached hydrogens (primary N) is 1. The largest absolute Gasteiger partial charge is 0.380 e. The highest BCUT2D eigenvalue weighted by Crippen LogP contribution is 2.29. The molecule has 0 bridgehead atoms. The Balaban J connectivity index is 0.000000116. The first-order chi connectivity index (χ1) is 52.8. The molecule has 10 aromatic heterocycles. The Morgan fingerprint density at radius 1 is 0.463 bits per heavy atom. The number of H-pyrrole nitrogens is 1. The van der Waals surface area contributed by atoms with Crippen molar-refractivity contribution < 1.29 is 17.6 Å². The van der Waals surface area contributed by atoms with E-state index in [9.17, 15) is 17.6 Å². The fourth-order valence-corrected chi connectivity index (χ4v) is 12.0. The van der Waals surface area contributed by atoms with E-state index < -0.39 is 23.3 Å². The van der Waals surface area contributed by atoms with Crippen molar-refractivity contribution in [2.75, 3.05) is 0 Å². The number of hydrogen-bond donors (Lipinski definition) is 3. The van der Waals surface area contributed by atoms with Crippen LogP contribution in [0.1, 0.15) is 84.9 Å². The third kappa shape index (κ3) is 16.1. The van der Waals surface area contributed by atoms with Gasteiger partial charge in [0.05, 0.1) is 80.2 Å². The van der Waals surface area contributed by atoms with E-state index in [2.05, 4.69) is 108 Å². The summed E-state index contributed by atoms with van der Waals surface area (Å²) in [4.78, 5) is 47.8. The molecule has 15 aromatic rings. The number of hydrazone groups is 1. The SMILES string of the molecule is Cc1nc(-c2nn(Cc3c(F)cccc3F)c3ncccc23)n[nH]1.Cc1nc(-c2nn(Cc3c(F)cccc3F)c3ncccc23)nn1Cc1ccccc1.Cc1nc(C2=NCc3ncccc32)nn1Cc1ccccc1.N#CC1=NCc2ncccc21.NC(=NNCc1ccccc1)C1=NCc2ncccc21. The van der Waals surface area contributed by atoms with Gasteiger partial charge in [0.2, 0.25) is 11.6 Å². The number of amidine groups is 1. The topological polar surface area (TPSA) is 314 Å². The van der Waals surface area contributed by atoms with E-state index in [0.29, 0.717) is 108 Å². The molecule has 29 heteroatoms. The number of nitrogens with zero attached hydrogens (tertiary/aromatic N) is 22. The summed E-state index contributed by atoms with van der Waals surface area (Å²) in [6, 6.07) is 58.6. The highest BCUT2D eigenvalue weighted by atomic mass is 19.1. The van der Waals surface area contributed by atoms with Crippen LogP contribution in [0, 0.1) is 55.4 Å². The highest BCUT2D eigenvalue weighted by molar-refractivity contribution is 6.47. The Kier molecular flexibility index (Phi) is 21.3. The van der Waals surface area contributed by atoms with Gasteiger partial charge in [-0.2, -0.15) is 25.7 Å². The third-order valence-electron chi connectivity index (χ3n) is 17.3. The smallest absolute Gasteiger partial charge is 0.202 e. The first-order valence-corrected chi connectivity index (χ1v) is 34.1. The van der Waals surface area contributed by atoms with Gasteiger partial charge in [0, 0.05) is 58.8 Å². The number of aryl methyl sites for hydroxylation is 3. The minimum atomic E-state index is -0.623. The van der Waals surface area contributed by atoms with Gasteiger partial charge in [-0.15, -0.1) is 10.2 Å². The summed E-state index contributed by atoms with van der Waals surface area (Å²) in [5, 5.41) is 39.4. The van der Waals surface area contributed by atoms with Crippen molar-refractivity contribution in [1.29, 1.82) is 5.26 Å².